The topological polar surface area (TPSA) is 35.9 Å². The van der Waals surface area contributed by atoms with Crippen LogP contribution in [-0.4, -0.2) is 14.1 Å². The van der Waals surface area contributed by atoms with Crippen LogP contribution in [0.2, 0.25) is 0 Å². The first-order valence-corrected chi connectivity index (χ1v) is 30.8. The zero-order valence-electron chi connectivity index (χ0n) is 52.7. The van der Waals surface area contributed by atoms with E-state index >= 15 is 0 Å². The van der Waals surface area contributed by atoms with Crippen LogP contribution in [0.15, 0.2) is 200 Å². The lowest BCUT2D eigenvalue weighted by Gasteiger charge is -2.44. The number of hydrogen-bond donors (Lipinski definition) is 0. The standard InChI is InChI=1S/C81H78N4O/c1-76(2,3)52-41-59(50-27-18-16-19-28-50)74(60(42-52)51-29-20-17-21-30-51)83-49-84-70-48-56(86-55-36-38-58-57-31-22-23-33-67(57)85(69(58)47-55)71-35-24-25-40-82-71)37-39-63(70)81(64-32-26-34-68(83)75(64)84)72-61(43-53(77(4,5)6)45-65(72)79(10,11)12)62-44-54(78(7,8)9)46-66(73(62)81)80(13,14)15/h16-48H,1-15H3. The molecule has 9 aromatic carbocycles. The van der Waals surface area contributed by atoms with E-state index in [9.17, 15) is 0 Å². The Morgan fingerprint density at radius 2 is 0.942 bits per heavy atom. The Hall–Kier alpha value is -8.80. The highest BCUT2D eigenvalue weighted by molar-refractivity contribution is 6.09. The molecule has 1 aliphatic heterocycles. The zero-order valence-corrected chi connectivity index (χ0v) is 52.7. The molecule has 5 heteroatoms. The molecule has 0 unspecified atom stereocenters. The lowest BCUT2D eigenvalue weighted by Crippen LogP contribution is -2.38. The molecule has 86 heavy (non-hydrogen) atoms. The molecule has 0 saturated carbocycles. The van der Waals surface area contributed by atoms with Crippen LogP contribution in [-0.2, 0) is 32.5 Å². The minimum absolute atomic E-state index is 0.115. The Kier molecular flexibility index (Phi) is 12.2. The minimum Gasteiger partial charge on any atom is -0.458 e. The molecule has 428 valence electrons. The van der Waals surface area contributed by atoms with Crippen molar-refractivity contribution >= 4 is 32.8 Å². The van der Waals surface area contributed by atoms with Crippen molar-refractivity contribution in [1.29, 1.82) is 0 Å². The van der Waals surface area contributed by atoms with Crippen LogP contribution in [0.5, 0.6) is 11.5 Å². The summed E-state index contributed by atoms with van der Waals surface area (Å²) >= 11 is 0. The normalized spacial score (nSPS) is 13.8. The first kappa shape index (κ1) is 55.1. The molecule has 0 N–H and O–H groups in total. The lowest BCUT2D eigenvalue weighted by atomic mass is 9.60. The van der Waals surface area contributed by atoms with Crippen LogP contribution in [0.4, 0.5) is 0 Å². The molecule has 12 aromatic rings. The van der Waals surface area contributed by atoms with E-state index in [2.05, 4.69) is 312 Å². The molecule has 0 bridgehead atoms. The number of pyridine rings is 1. The van der Waals surface area contributed by atoms with Gasteiger partial charge in [0.05, 0.1) is 38.9 Å². The Morgan fingerprint density at radius 3 is 1.50 bits per heavy atom. The third-order valence-corrected chi connectivity index (χ3v) is 18.5. The smallest absolute Gasteiger partial charge is 0.269 e. The summed E-state index contributed by atoms with van der Waals surface area (Å²) in [6.45, 7) is 35.7. The van der Waals surface area contributed by atoms with Crippen molar-refractivity contribution in [3.63, 3.8) is 0 Å². The van der Waals surface area contributed by atoms with E-state index in [1.165, 1.54) is 66.6 Å². The van der Waals surface area contributed by atoms with Crippen LogP contribution >= 0.6 is 0 Å². The number of imidazole rings is 1. The van der Waals surface area contributed by atoms with E-state index in [0.717, 1.165) is 78.4 Å². The number of ether oxygens (including phenoxy) is 1. The number of benzene rings is 9. The van der Waals surface area contributed by atoms with E-state index in [-0.39, 0.29) is 27.1 Å². The van der Waals surface area contributed by atoms with Gasteiger partial charge in [-0.1, -0.05) is 249 Å². The Bertz CT molecular complexity index is 4570. The number of fused-ring (bicyclic) bond motifs is 12. The quantitative estimate of drug-likeness (QED) is 0.123. The van der Waals surface area contributed by atoms with Crippen molar-refractivity contribution in [1.82, 2.24) is 14.1 Å². The van der Waals surface area contributed by atoms with Crippen molar-refractivity contribution in [3.05, 3.63) is 257 Å². The number of aromatic nitrogens is 4. The third-order valence-electron chi connectivity index (χ3n) is 18.5. The summed E-state index contributed by atoms with van der Waals surface area (Å²) in [5, 5.41) is 2.31. The highest BCUT2D eigenvalue weighted by Gasteiger charge is 2.55. The van der Waals surface area contributed by atoms with Gasteiger partial charge in [-0.15, -0.1) is 0 Å². The largest absolute Gasteiger partial charge is 0.458 e. The zero-order chi connectivity index (χ0) is 60.2. The summed E-state index contributed by atoms with van der Waals surface area (Å²) in [6.07, 6.45) is 6.07. The maximum Gasteiger partial charge on any atom is 0.269 e. The van der Waals surface area contributed by atoms with Gasteiger partial charge in [0.2, 0.25) is 0 Å². The lowest BCUT2D eigenvalue weighted by molar-refractivity contribution is -0.571. The van der Waals surface area contributed by atoms with Crippen LogP contribution in [0.3, 0.4) is 0 Å². The van der Waals surface area contributed by atoms with Crippen molar-refractivity contribution < 1.29 is 9.30 Å². The molecule has 0 fully saturated rings. The Labute approximate surface area is 508 Å². The van der Waals surface area contributed by atoms with Crippen molar-refractivity contribution in [2.24, 2.45) is 0 Å². The van der Waals surface area contributed by atoms with E-state index in [1.54, 1.807) is 0 Å². The van der Waals surface area contributed by atoms with Crippen LogP contribution in [0.25, 0.3) is 83.4 Å². The second-order valence-electron chi connectivity index (χ2n) is 29.5. The summed E-state index contributed by atoms with van der Waals surface area (Å²) < 4.78 is 14.3. The molecule has 5 nitrogen and oxygen atoms in total. The minimum atomic E-state index is -0.792. The molecule has 0 atom stereocenters. The molecule has 14 rings (SSSR count). The van der Waals surface area contributed by atoms with Gasteiger partial charge >= 0.3 is 0 Å². The van der Waals surface area contributed by atoms with Gasteiger partial charge < -0.3 is 4.74 Å². The predicted molar refractivity (Wildman–Crippen MR) is 358 cm³/mol. The molecule has 0 radical (unpaired) electrons. The van der Waals surface area contributed by atoms with E-state index in [0.29, 0.717) is 0 Å². The number of hydrogen-bond acceptors (Lipinski definition) is 2. The third kappa shape index (κ3) is 8.54. The fraction of sp³-hybridized carbons (Fsp3) is 0.259. The average Bonchev–Trinajstić information content (AvgIpc) is 1.46. The van der Waals surface area contributed by atoms with Gasteiger partial charge in [0, 0.05) is 23.0 Å². The van der Waals surface area contributed by atoms with Gasteiger partial charge in [0.25, 0.3) is 6.33 Å². The molecule has 1 aliphatic carbocycles. The van der Waals surface area contributed by atoms with Crippen LogP contribution in [0, 0.1) is 6.33 Å². The number of rotatable bonds is 6. The molecular formula is C81H78N4O. The van der Waals surface area contributed by atoms with Gasteiger partial charge in [-0.3, -0.25) is 13.7 Å². The molecule has 0 saturated heterocycles. The second-order valence-corrected chi connectivity index (χ2v) is 29.5. The van der Waals surface area contributed by atoms with Crippen molar-refractivity contribution in [2.45, 2.75) is 136 Å². The van der Waals surface area contributed by atoms with E-state index in [1.807, 2.05) is 12.3 Å². The first-order chi connectivity index (χ1) is 40.8. The molecule has 0 amide bonds. The van der Waals surface area contributed by atoms with E-state index in [4.69, 9.17) is 9.72 Å². The maximum absolute atomic E-state index is 7.30. The fourth-order valence-corrected chi connectivity index (χ4v) is 14.1. The van der Waals surface area contributed by atoms with Gasteiger partial charge in [-0.05, 0) is 153 Å². The highest BCUT2D eigenvalue weighted by Crippen LogP contribution is 2.65. The summed E-state index contributed by atoms with van der Waals surface area (Å²) in [6, 6.07) is 72.3. The van der Waals surface area contributed by atoms with Gasteiger partial charge in [-0.25, -0.2) is 4.98 Å². The summed E-state index contributed by atoms with van der Waals surface area (Å²) in [5.74, 6) is 2.34. The predicted octanol–water partition coefficient (Wildman–Crippen LogP) is 20.5. The monoisotopic (exact) mass is 1120 g/mol. The molecule has 3 aromatic heterocycles. The first-order valence-electron chi connectivity index (χ1n) is 30.8. The highest BCUT2D eigenvalue weighted by atomic mass is 16.5. The second kappa shape index (κ2) is 19.1. The Balaban J connectivity index is 1.13. The fourth-order valence-electron chi connectivity index (χ4n) is 14.1. The summed E-state index contributed by atoms with van der Waals surface area (Å²) in [7, 11) is 0. The van der Waals surface area contributed by atoms with E-state index < -0.39 is 5.41 Å². The van der Waals surface area contributed by atoms with Gasteiger partial charge in [-0.2, -0.15) is 0 Å². The van der Waals surface area contributed by atoms with Crippen molar-refractivity contribution in [3.8, 4) is 62.1 Å². The van der Waals surface area contributed by atoms with Crippen LogP contribution in [0.1, 0.15) is 154 Å². The number of para-hydroxylation sites is 2. The van der Waals surface area contributed by atoms with Gasteiger partial charge in [0.15, 0.2) is 0 Å². The molecule has 4 heterocycles. The SMILES string of the molecule is CC(C)(C)c1cc(-c2ccccc2)c(-[n+]2[c-]n3c4c(cccc42)C2(c4ccc(Oc5ccc6c7ccccc7n(-c7ccccn7)c6c5)cc4-3)c3c(cc(C(C)(C)C)cc3C(C)(C)C)-c3cc(C(C)(C)C)cc(C(C)(C)C)c32)c(-c2ccccc2)c1. The van der Waals surface area contributed by atoms with Crippen molar-refractivity contribution in [2.75, 3.05) is 0 Å². The summed E-state index contributed by atoms with van der Waals surface area (Å²) in [4.78, 5) is 4.86. The molecule has 1 spiro atoms. The number of nitrogens with zero attached hydrogens (tertiary/aromatic N) is 4. The Morgan fingerprint density at radius 1 is 0.430 bits per heavy atom. The molecular weight excluding hydrogens is 1040 g/mol. The maximum atomic E-state index is 7.30. The average molecular weight is 1120 g/mol. The van der Waals surface area contributed by atoms with Gasteiger partial charge in [0.1, 0.15) is 17.3 Å². The molecule has 2 aliphatic rings. The summed E-state index contributed by atoms with van der Waals surface area (Å²) in [5.41, 5.74) is 23.9. The van der Waals surface area contributed by atoms with Crippen LogP contribution < -0.4 is 9.30 Å².